The SMILES string of the molecule is CC(C)C1(O)CN(C(=O)c2ccc(F)c(F)c2)C1. The molecule has 1 saturated heterocycles. The fraction of sp³-hybridized carbons (Fsp3) is 0.462. The van der Waals surface area contributed by atoms with Crippen molar-refractivity contribution in [2.45, 2.75) is 19.4 Å². The molecule has 3 nitrogen and oxygen atoms in total. The normalized spacial score (nSPS) is 17.8. The monoisotopic (exact) mass is 255 g/mol. The van der Waals surface area contributed by atoms with E-state index in [0.717, 1.165) is 12.1 Å². The van der Waals surface area contributed by atoms with Gasteiger partial charge in [-0.2, -0.15) is 0 Å². The number of hydrogen-bond donors (Lipinski definition) is 1. The third-order valence-electron chi connectivity index (χ3n) is 3.46. The maximum Gasteiger partial charge on any atom is 0.254 e. The van der Waals surface area contributed by atoms with Crippen LogP contribution in [0.5, 0.6) is 0 Å². The van der Waals surface area contributed by atoms with Gasteiger partial charge >= 0.3 is 0 Å². The van der Waals surface area contributed by atoms with Crippen molar-refractivity contribution in [2.75, 3.05) is 13.1 Å². The van der Waals surface area contributed by atoms with E-state index >= 15 is 0 Å². The summed E-state index contributed by atoms with van der Waals surface area (Å²) in [6.07, 6.45) is 0. The van der Waals surface area contributed by atoms with E-state index in [1.54, 1.807) is 0 Å². The van der Waals surface area contributed by atoms with E-state index in [1.807, 2.05) is 13.8 Å². The molecule has 98 valence electrons. The standard InChI is InChI=1S/C13H15F2NO2/c1-8(2)13(18)6-16(7-13)12(17)9-3-4-10(14)11(15)5-9/h3-5,8,18H,6-7H2,1-2H3. The molecule has 0 unspecified atom stereocenters. The Hall–Kier alpha value is -1.49. The summed E-state index contributed by atoms with van der Waals surface area (Å²) >= 11 is 0. The lowest BCUT2D eigenvalue weighted by molar-refractivity contribution is -0.110. The van der Waals surface area contributed by atoms with Crippen LogP contribution in [0, 0.1) is 17.6 Å². The molecule has 0 spiro atoms. The van der Waals surface area contributed by atoms with Crippen molar-refractivity contribution in [1.29, 1.82) is 0 Å². The molecule has 1 N–H and O–H groups in total. The predicted molar refractivity (Wildman–Crippen MR) is 62.0 cm³/mol. The Kier molecular flexibility index (Phi) is 3.11. The number of β-amino-alcohol motifs (C(OH)–C–C–N with tert-alkyl or cyclic N) is 1. The number of benzene rings is 1. The Balaban J connectivity index is 2.08. The highest BCUT2D eigenvalue weighted by Crippen LogP contribution is 2.29. The van der Waals surface area contributed by atoms with Crippen LogP contribution in [0.2, 0.25) is 0 Å². The number of aliphatic hydroxyl groups is 1. The second kappa shape index (κ2) is 4.31. The van der Waals surface area contributed by atoms with Gasteiger partial charge in [-0.25, -0.2) is 8.78 Å². The molecule has 0 bridgehead atoms. The van der Waals surface area contributed by atoms with Gasteiger partial charge < -0.3 is 10.0 Å². The van der Waals surface area contributed by atoms with Crippen molar-refractivity contribution in [3.63, 3.8) is 0 Å². The minimum Gasteiger partial charge on any atom is -0.386 e. The highest BCUT2D eigenvalue weighted by Gasteiger charge is 2.45. The molecule has 1 fully saturated rings. The average molecular weight is 255 g/mol. The Morgan fingerprint density at radius 2 is 1.94 bits per heavy atom. The zero-order chi connectivity index (χ0) is 13.5. The largest absolute Gasteiger partial charge is 0.386 e. The molecule has 0 atom stereocenters. The van der Waals surface area contributed by atoms with Gasteiger partial charge in [0.2, 0.25) is 0 Å². The van der Waals surface area contributed by atoms with Gasteiger partial charge in [-0.3, -0.25) is 4.79 Å². The van der Waals surface area contributed by atoms with Gasteiger partial charge in [-0.05, 0) is 24.1 Å². The van der Waals surface area contributed by atoms with Crippen LogP contribution in [0.3, 0.4) is 0 Å². The van der Waals surface area contributed by atoms with Crippen LogP contribution in [0.4, 0.5) is 8.78 Å². The number of hydrogen-bond acceptors (Lipinski definition) is 2. The number of amides is 1. The first-order valence-corrected chi connectivity index (χ1v) is 5.80. The zero-order valence-electron chi connectivity index (χ0n) is 10.3. The van der Waals surface area contributed by atoms with Crippen molar-refractivity contribution in [3.8, 4) is 0 Å². The van der Waals surface area contributed by atoms with E-state index < -0.39 is 17.2 Å². The van der Waals surface area contributed by atoms with Crippen LogP contribution in [0.25, 0.3) is 0 Å². The molecule has 0 radical (unpaired) electrons. The van der Waals surface area contributed by atoms with Crippen LogP contribution in [-0.4, -0.2) is 34.6 Å². The number of carbonyl (C=O) groups excluding carboxylic acids is 1. The van der Waals surface area contributed by atoms with Crippen LogP contribution < -0.4 is 0 Å². The van der Waals surface area contributed by atoms with Crippen LogP contribution in [-0.2, 0) is 0 Å². The number of likely N-dealkylation sites (tertiary alicyclic amines) is 1. The number of carbonyl (C=O) groups is 1. The Bertz CT molecular complexity index is 482. The third-order valence-corrected chi connectivity index (χ3v) is 3.46. The summed E-state index contributed by atoms with van der Waals surface area (Å²) in [4.78, 5) is 13.3. The van der Waals surface area contributed by atoms with Crippen molar-refractivity contribution < 1.29 is 18.7 Å². The molecule has 0 aromatic heterocycles. The van der Waals surface area contributed by atoms with Crippen molar-refractivity contribution in [2.24, 2.45) is 5.92 Å². The highest BCUT2D eigenvalue weighted by atomic mass is 19.2. The van der Waals surface area contributed by atoms with Gasteiger partial charge in [-0.1, -0.05) is 13.8 Å². The van der Waals surface area contributed by atoms with Crippen LogP contribution in [0.1, 0.15) is 24.2 Å². The Morgan fingerprint density at radius 1 is 1.33 bits per heavy atom. The summed E-state index contributed by atoms with van der Waals surface area (Å²) in [6, 6.07) is 3.05. The first kappa shape index (κ1) is 13.0. The highest BCUT2D eigenvalue weighted by molar-refractivity contribution is 5.95. The van der Waals surface area contributed by atoms with Gasteiger partial charge in [-0.15, -0.1) is 0 Å². The Labute approximate surface area is 104 Å². The van der Waals surface area contributed by atoms with Crippen LogP contribution in [0.15, 0.2) is 18.2 Å². The summed E-state index contributed by atoms with van der Waals surface area (Å²) in [5.41, 5.74) is -0.770. The molecule has 1 aliphatic rings. The number of rotatable bonds is 2. The Morgan fingerprint density at radius 3 is 2.44 bits per heavy atom. The molecule has 1 aromatic carbocycles. The number of halogens is 2. The van der Waals surface area contributed by atoms with Gasteiger partial charge in [0.1, 0.15) is 5.60 Å². The van der Waals surface area contributed by atoms with Crippen molar-refractivity contribution in [3.05, 3.63) is 35.4 Å². The van der Waals surface area contributed by atoms with Crippen LogP contribution >= 0.6 is 0 Å². The fourth-order valence-corrected chi connectivity index (χ4v) is 1.94. The smallest absolute Gasteiger partial charge is 0.254 e. The first-order chi connectivity index (χ1) is 8.33. The number of nitrogens with zero attached hydrogens (tertiary/aromatic N) is 1. The summed E-state index contributed by atoms with van der Waals surface area (Å²) in [7, 11) is 0. The van der Waals surface area contributed by atoms with E-state index in [-0.39, 0.29) is 30.5 Å². The minimum absolute atomic E-state index is 0.0477. The van der Waals surface area contributed by atoms with Gasteiger partial charge in [0.25, 0.3) is 5.91 Å². The molecule has 1 amide bonds. The summed E-state index contributed by atoms with van der Waals surface area (Å²) < 4.78 is 25.8. The lowest BCUT2D eigenvalue weighted by atomic mass is 9.82. The van der Waals surface area contributed by atoms with E-state index in [0.29, 0.717) is 0 Å². The molecule has 1 aliphatic heterocycles. The predicted octanol–water partition coefficient (Wildman–Crippen LogP) is 1.81. The molecule has 0 aliphatic carbocycles. The third kappa shape index (κ3) is 2.10. The van der Waals surface area contributed by atoms with E-state index in [2.05, 4.69) is 0 Å². The summed E-state index contributed by atoms with van der Waals surface area (Å²) in [6.45, 7) is 4.20. The summed E-state index contributed by atoms with van der Waals surface area (Å²) in [5.74, 6) is -2.36. The molecule has 2 rings (SSSR count). The molecule has 18 heavy (non-hydrogen) atoms. The average Bonchev–Trinajstić information content (AvgIpc) is 2.27. The quantitative estimate of drug-likeness (QED) is 0.875. The van der Waals surface area contributed by atoms with Gasteiger partial charge in [0.05, 0.1) is 13.1 Å². The van der Waals surface area contributed by atoms with Crippen molar-refractivity contribution >= 4 is 5.91 Å². The molecule has 5 heteroatoms. The topological polar surface area (TPSA) is 40.5 Å². The molecule has 0 saturated carbocycles. The van der Waals surface area contributed by atoms with E-state index in [4.69, 9.17) is 0 Å². The zero-order valence-corrected chi connectivity index (χ0v) is 10.3. The van der Waals surface area contributed by atoms with Gasteiger partial charge in [0, 0.05) is 5.56 Å². The maximum absolute atomic E-state index is 13.0. The molecular formula is C13H15F2NO2. The summed E-state index contributed by atoms with van der Waals surface area (Å²) in [5, 5.41) is 10.0. The lowest BCUT2D eigenvalue weighted by Gasteiger charge is -2.49. The lowest BCUT2D eigenvalue weighted by Crippen LogP contribution is -2.65. The van der Waals surface area contributed by atoms with E-state index in [9.17, 15) is 18.7 Å². The maximum atomic E-state index is 13.0. The minimum atomic E-state index is -1.04. The second-order valence-electron chi connectivity index (χ2n) is 5.05. The molecule has 1 heterocycles. The van der Waals surface area contributed by atoms with Gasteiger partial charge in [0.15, 0.2) is 11.6 Å². The molecular weight excluding hydrogens is 240 g/mol. The second-order valence-corrected chi connectivity index (χ2v) is 5.05. The molecule has 1 aromatic rings. The fourth-order valence-electron chi connectivity index (χ4n) is 1.94. The first-order valence-electron chi connectivity index (χ1n) is 5.80. The van der Waals surface area contributed by atoms with Crippen molar-refractivity contribution in [1.82, 2.24) is 4.90 Å². The van der Waals surface area contributed by atoms with E-state index in [1.165, 1.54) is 11.0 Å².